The number of piperidine rings is 1. The summed E-state index contributed by atoms with van der Waals surface area (Å²) in [5, 5.41) is 10.3. The lowest BCUT2D eigenvalue weighted by Gasteiger charge is -2.34. The molecule has 1 aliphatic rings. The fourth-order valence-corrected chi connectivity index (χ4v) is 2.42. The zero-order valence-corrected chi connectivity index (χ0v) is 10.3. The molecule has 0 radical (unpaired) electrons. The highest BCUT2D eigenvalue weighted by atomic mass is 35.5. The molecule has 1 heterocycles. The lowest BCUT2D eigenvalue weighted by atomic mass is 9.92. The van der Waals surface area contributed by atoms with Crippen molar-refractivity contribution in [3.63, 3.8) is 0 Å². The van der Waals surface area contributed by atoms with Crippen LogP contribution < -0.4 is 4.90 Å². The van der Waals surface area contributed by atoms with Crippen LogP contribution in [0, 0.1) is 5.92 Å². The van der Waals surface area contributed by atoms with Crippen molar-refractivity contribution in [3.8, 4) is 0 Å². The number of nitrogens with zero attached hydrogens (tertiary/aromatic N) is 1. The van der Waals surface area contributed by atoms with Gasteiger partial charge in [0.25, 0.3) is 0 Å². The molecule has 16 heavy (non-hydrogen) atoms. The van der Waals surface area contributed by atoms with Crippen LogP contribution in [0.2, 0.25) is 5.02 Å². The van der Waals surface area contributed by atoms with Gasteiger partial charge in [-0.3, -0.25) is 0 Å². The van der Waals surface area contributed by atoms with E-state index in [1.54, 1.807) is 0 Å². The van der Waals surface area contributed by atoms with Crippen molar-refractivity contribution < 1.29 is 5.11 Å². The molecular formula is C13H18ClNO. The van der Waals surface area contributed by atoms with E-state index in [0.29, 0.717) is 5.92 Å². The highest BCUT2D eigenvalue weighted by Gasteiger charge is 2.22. The minimum atomic E-state index is -0.174. The third-order valence-electron chi connectivity index (χ3n) is 3.41. The van der Waals surface area contributed by atoms with Gasteiger partial charge in [-0.05, 0) is 49.9 Å². The van der Waals surface area contributed by atoms with Gasteiger partial charge in [-0.15, -0.1) is 0 Å². The summed E-state index contributed by atoms with van der Waals surface area (Å²) in [5.74, 6) is 0.462. The van der Waals surface area contributed by atoms with Crippen LogP contribution in [-0.4, -0.2) is 24.3 Å². The van der Waals surface area contributed by atoms with E-state index in [0.717, 1.165) is 31.0 Å². The Kier molecular flexibility index (Phi) is 3.72. The smallest absolute Gasteiger partial charge is 0.0541 e. The molecule has 0 aromatic heterocycles. The van der Waals surface area contributed by atoms with E-state index < -0.39 is 0 Å². The molecule has 1 unspecified atom stereocenters. The van der Waals surface area contributed by atoms with Crippen LogP contribution in [0.4, 0.5) is 5.69 Å². The summed E-state index contributed by atoms with van der Waals surface area (Å²) < 4.78 is 0. The minimum Gasteiger partial charge on any atom is -0.393 e. The van der Waals surface area contributed by atoms with Crippen LogP contribution >= 0.6 is 11.6 Å². The van der Waals surface area contributed by atoms with E-state index in [2.05, 4.69) is 17.0 Å². The van der Waals surface area contributed by atoms with Crippen molar-refractivity contribution in [2.45, 2.75) is 25.9 Å². The van der Waals surface area contributed by atoms with Crippen molar-refractivity contribution >= 4 is 17.3 Å². The predicted molar refractivity (Wildman–Crippen MR) is 68.1 cm³/mol. The van der Waals surface area contributed by atoms with Crippen molar-refractivity contribution in [3.05, 3.63) is 29.3 Å². The van der Waals surface area contributed by atoms with Gasteiger partial charge in [0.1, 0.15) is 0 Å². The molecule has 1 saturated heterocycles. The largest absolute Gasteiger partial charge is 0.393 e. The number of aliphatic hydroxyl groups excluding tert-OH is 1. The van der Waals surface area contributed by atoms with E-state index >= 15 is 0 Å². The van der Waals surface area contributed by atoms with Gasteiger partial charge in [-0.25, -0.2) is 0 Å². The van der Waals surface area contributed by atoms with Gasteiger partial charge in [0.2, 0.25) is 0 Å². The Morgan fingerprint density at radius 1 is 1.25 bits per heavy atom. The minimum absolute atomic E-state index is 0.174. The standard InChI is InChI=1S/C13H18ClNO/c1-10(16)11-6-8-15(9-7-11)13-4-2-12(14)3-5-13/h2-5,10-11,16H,6-9H2,1H3. The summed E-state index contributed by atoms with van der Waals surface area (Å²) >= 11 is 5.86. The number of halogens is 1. The average Bonchev–Trinajstić information content (AvgIpc) is 2.30. The first kappa shape index (κ1) is 11.7. The summed E-state index contributed by atoms with van der Waals surface area (Å²) in [7, 11) is 0. The Morgan fingerprint density at radius 3 is 2.31 bits per heavy atom. The van der Waals surface area contributed by atoms with Crippen molar-refractivity contribution in [2.75, 3.05) is 18.0 Å². The second kappa shape index (κ2) is 5.07. The summed E-state index contributed by atoms with van der Waals surface area (Å²) in [4.78, 5) is 2.36. The van der Waals surface area contributed by atoms with Gasteiger partial charge in [0.15, 0.2) is 0 Å². The topological polar surface area (TPSA) is 23.5 Å². The Morgan fingerprint density at radius 2 is 1.81 bits per heavy atom. The molecule has 0 amide bonds. The van der Waals surface area contributed by atoms with Crippen LogP contribution in [-0.2, 0) is 0 Å². The maximum absolute atomic E-state index is 9.53. The molecule has 1 fully saturated rings. The van der Waals surface area contributed by atoms with Gasteiger partial charge in [0.05, 0.1) is 6.10 Å². The quantitative estimate of drug-likeness (QED) is 0.858. The zero-order chi connectivity index (χ0) is 11.5. The van der Waals surface area contributed by atoms with Gasteiger partial charge in [-0.2, -0.15) is 0 Å². The molecule has 2 nitrogen and oxygen atoms in total. The number of rotatable bonds is 2. The first-order chi connectivity index (χ1) is 7.66. The molecule has 0 bridgehead atoms. The van der Waals surface area contributed by atoms with E-state index in [9.17, 15) is 5.11 Å². The molecule has 3 heteroatoms. The van der Waals surface area contributed by atoms with E-state index in [1.807, 2.05) is 19.1 Å². The number of aliphatic hydroxyl groups is 1. The molecule has 0 aliphatic carbocycles. The number of hydrogen-bond donors (Lipinski definition) is 1. The van der Waals surface area contributed by atoms with Crippen LogP contribution in [0.25, 0.3) is 0 Å². The van der Waals surface area contributed by atoms with Crippen LogP contribution in [0.1, 0.15) is 19.8 Å². The molecule has 2 rings (SSSR count). The first-order valence-electron chi connectivity index (χ1n) is 5.85. The van der Waals surface area contributed by atoms with E-state index in [1.165, 1.54) is 5.69 Å². The maximum Gasteiger partial charge on any atom is 0.0541 e. The maximum atomic E-state index is 9.53. The van der Waals surface area contributed by atoms with Crippen molar-refractivity contribution in [2.24, 2.45) is 5.92 Å². The summed E-state index contributed by atoms with van der Waals surface area (Å²) in [6.07, 6.45) is 1.97. The van der Waals surface area contributed by atoms with Crippen molar-refractivity contribution in [1.29, 1.82) is 0 Å². The van der Waals surface area contributed by atoms with E-state index in [-0.39, 0.29) is 6.10 Å². The Bertz CT molecular complexity index is 328. The molecular weight excluding hydrogens is 222 g/mol. The molecule has 88 valence electrons. The number of hydrogen-bond acceptors (Lipinski definition) is 2. The fraction of sp³-hybridized carbons (Fsp3) is 0.538. The third kappa shape index (κ3) is 2.69. The normalized spacial score (nSPS) is 19.8. The third-order valence-corrected chi connectivity index (χ3v) is 3.67. The first-order valence-corrected chi connectivity index (χ1v) is 6.23. The molecule has 1 N–H and O–H groups in total. The predicted octanol–water partition coefficient (Wildman–Crippen LogP) is 2.94. The average molecular weight is 240 g/mol. The molecule has 0 spiro atoms. The summed E-state index contributed by atoms with van der Waals surface area (Å²) in [5.41, 5.74) is 1.23. The second-order valence-electron chi connectivity index (χ2n) is 4.54. The number of benzene rings is 1. The lowest BCUT2D eigenvalue weighted by Crippen LogP contribution is -2.36. The molecule has 1 aromatic rings. The Labute approximate surface area is 102 Å². The highest BCUT2D eigenvalue weighted by molar-refractivity contribution is 6.30. The second-order valence-corrected chi connectivity index (χ2v) is 4.98. The molecule has 1 aromatic carbocycles. The Hall–Kier alpha value is -0.730. The lowest BCUT2D eigenvalue weighted by molar-refractivity contribution is 0.110. The molecule has 1 aliphatic heterocycles. The Balaban J connectivity index is 1.96. The van der Waals surface area contributed by atoms with Gasteiger partial charge in [0, 0.05) is 23.8 Å². The molecule has 1 atom stereocenters. The van der Waals surface area contributed by atoms with Gasteiger partial charge in [-0.1, -0.05) is 11.6 Å². The highest BCUT2D eigenvalue weighted by Crippen LogP contribution is 2.26. The molecule has 0 saturated carbocycles. The van der Waals surface area contributed by atoms with Gasteiger partial charge < -0.3 is 10.0 Å². The van der Waals surface area contributed by atoms with E-state index in [4.69, 9.17) is 11.6 Å². The van der Waals surface area contributed by atoms with Crippen LogP contribution in [0.3, 0.4) is 0 Å². The van der Waals surface area contributed by atoms with Crippen LogP contribution in [0.15, 0.2) is 24.3 Å². The SMILES string of the molecule is CC(O)C1CCN(c2ccc(Cl)cc2)CC1. The summed E-state index contributed by atoms with van der Waals surface area (Å²) in [6.45, 7) is 3.94. The monoisotopic (exact) mass is 239 g/mol. The van der Waals surface area contributed by atoms with Gasteiger partial charge >= 0.3 is 0 Å². The van der Waals surface area contributed by atoms with Crippen molar-refractivity contribution in [1.82, 2.24) is 0 Å². The van der Waals surface area contributed by atoms with Crippen LogP contribution in [0.5, 0.6) is 0 Å². The summed E-state index contributed by atoms with van der Waals surface area (Å²) in [6, 6.07) is 7.98. The fourth-order valence-electron chi connectivity index (χ4n) is 2.29. The zero-order valence-electron chi connectivity index (χ0n) is 9.56. The number of anilines is 1.